The summed E-state index contributed by atoms with van der Waals surface area (Å²) in [6.07, 6.45) is 9.41. The van der Waals surface area contributed by atoms with Crippen LogP contribution in [0.5, 0.6) is 0 Å². The zero-order valence-corrected chi connectivity index (χ0v) is 13.2. The Morgan fingerprint density at radius 2 is 2.00 bits per heavy atom. The Kier molecular flexibility index (Phi) is 8.03. The molecule has 18 heavy (non-hydrogen) atoms. The van der Waals surface area contributed by atoms with Gasteiger partial charge in [-0.2, -0.15) is 0 Å². The van der Waals surface area contributed by atoms with Gasteiger partial charge in [0.25, 0.3) is 0 Å². The molecule has 1 aliphatic heterocycles. The number of unbranched alkanes of at least 4 members (excludes halogenated alkanes) is 4. The summed E-state index contributed by atoms with van der Waals surface area (Å²) < 4.78 is 0. The van der Waals surface area contributed by atoms with Gasteiger partial charge in [-0.25, -0.2) is 5.01 Å². The highest BCUT2D eigenvalue weighted by Crippen LogP contribution is 2.31. The average molecular weight is 270 g/mol. The third-order valence-electron chi connectivity index (χ3n) is 3.65. The average Bonchev–Trinajstić information content (AvgIpc) is 2.33. The quantitative estimate of drug-likeness (QED) is 0.526. The van der Waals surface area contributed by atoms with Gasteiger partial charge in [0.05, 0.1) is 0 Å². The van der Waals surface area contributed by atoms with Gasteiger partial charge in [0.2, 0.25) is 0 Å². The molecule has 0 aliphatic carbocycles. The van der Waals surface area contributed by atoms with Crippen molar-refractivity contribution in [3.8, 4) is 0 Å². The molecule has 1 unspecified atom stereocenters. The first kappa shape index (κ1) is 16.1. The van der Waals surface area contributed by atoms with Crippen LogP contribution < -0.4 is 5.84 Å². The minimum absolute atomic E-state index is 0.739. The molecule has 1 heterocycles. The van der Waals surface area contributed by atoms with Crippen molar-refractivity contribution in [2.24, 2.45) is 5.84 Å². The Hall–Kier alpha value is 0.01000. The summed E-state index contributed by atoms with van der Waals surface area (Å²) in [5.41, 5.74) is 1.56. The van der Waals surface area contributed by atoms with Gasteiger partial charge >= 0.3 is 0 Å². The molecule has 2 N–H and O–H groups in total. The van der Waals surface area contributed by atoms with Gasteiger partial charge in [-0.1, -0.05) is 51.5 Å². The fraction of sp³-hybridized carbons (Fsp3) is 0.867. The maximum Gasteiger partial charge on any atom is 0.0438 e. The van der Waals surface area contributed by atoms with E-state index >= 15 is 0 Å². The summed E-state index contributed by atoms with van der Waals surface area (Å²) in [4.78, 5) is 1.52. The lowest BCUT2D eigenvalue weighted by atomic mass is 10.1. The van der Waals surface area contributed by atoms with Crippen molar-refractivity contribution in [2.45, 2.75) is 71.0 Å². The lowest BCUT2D eigenvalue weighted by Gasteiger charge is -2.27. The number of nitrogens with zero attached hydrogens (tertiary/aromatic N) is 1. The van der Waals surface area contributed by atoms with Crippen LogP contribution in [0.2, 0.25) is 0 Å². The fourth-order valence-corrected chi connectivity index (χ4v) is 3.64. The van der Waals surface area contributed by atoms with Gasteiger partial charge in [-0.15, -0.1) is 11.8 Å². The van der Waals surface area contributed by atoms with E-state index in [0.29, 0.717) is 0 Å². The molecule has 0 saturated carbocycles. The molecule has 0 amide bonds. The normalized spacial score (nSPS) is 19.3. The number of hydrogen-bond acceptors (Lipinski definition) is 3. The minimum Gasteiger partial charge on any atom is -0.268 e. The largest absolute Gasteiger partial charge is 0.268 e. The van der Waals surface area contributed by atoms with Crippen LogP contribution in [-0.2, 0) is 0 Å². The van der Waals surface area contributed by atoms with E-state index in [1.165, 1.54) is 43.4 Å². The van der Waals surface area contributed by atoms with Crippen LogP contribution in [0.3, 0.4) is 0 Å². The van der Waals surface area contributed by atoms with E-state index in [2.05, 4.69) is 32.5 Å². The second-order valence-electron chi connectivity index (χ2n) is 5.56. The molecular formula is C15H30N2S. The maximum atomic E-state index is 5.90. The molecule has 0 spiro atoms. The van der Waals surface area contributed by atoms with E-state index in [1.807, 2.05) is 5.01 Å². The van der Waals surface area contributed by atoms with Crippen molar-refractivity contribution in [1.29, 1.82) is 0 Å². The third-order valence-corrected chi connectivity index (χ3v) is 5.05. The van der Waals surface area contributed by atoms with Crippen molar-refractivity contribution >= 4 is 11.8 Å². The SMILES string of the molecule is CCCCCCCC(C)SC1=C(C)CCN(N)C1. The third kappa shape index (κ3) is 6.26. The molecule has 106 valence electrons. The second-order valence-corrected chi connectivity index (χ2v) is 7.09. The number of hydrazine groups is 1. The lowest BCUT2D eigenvalue weighted by Crippen LogP contribution is -2.36. The van der Waals surface area contributed by atoms with Crippen LogP contribution in [-0.4, -0.2) is 23.3 Å². The number of rotatable bonds is 8. The molecule has 1 rings (SSSR count). The number of thioether (sulfide) groups is 1. The van der Waals surface area contributed by atoms with Crippen LogP contribution in [0, 0.1) is 0 Å². The van der Waals surface area contributed by atoms with Crippen molar-refractivity contribution < 1.29 is 0 Å². The Bertz CT molecular complexity index is 263. The summed E-state index contributed by atoms with van der Waals surface area (Å²) in [5, 5.41) is 2.69. The Morgan fingerprint density at radius 3 is 2.72 bits per heavy atom. The molecular weight excluding hydrogens is 240 g/mol. The Morgan fingerprint density at radius 1 is 1.28 bits per heavy atom. The first-order valence-corrected chi connectivity index (χ1v) is 8.36. The zero-order chi connectivity index (χ0) is 13.4. The lowest BCUT2D eigenvalue weighted by molar-refractivity contribution is 0.302. The summed E-state index contributed by atoms with van der Waals surface area (Å²) in [6, 6.07) is 0. The van der Waals surface area contributed by atoms with Gasteiger partial charge in [0.15, 0.2) is 0 Å². The zero-order valence-electron chi connectivity index (χ0n) is 12.4. The highest BCUT2D eigenvalue weighted by molar-refractivity contribution is 8.03. The summed E-state index contributed by atoms with van der Waals surface area (Å²) >= 11 is 2.05. The predicted octanol–water partition coefficient (Wildman–Crippen LogP) is 4.32. The number of hydrogen-bond donors (Lipinski definition) is 1. The Balaban J connectivity index is 2.20. The molecule has 0 fully saturated rings. The van der Waals surface area contributed by atoms with E-state index in [9.17, 15) is 0 Å². The molecule has 3 heteroatoms. The van der Waals surface area contributed by atoms with E-state index < -0.39 is 0 Å². The van der Waals surface area contributed by atoms with Crippen molar-refractivity contribution in [2.75, 3.05) is 13.1 Å². The van der Waals surface area contributed by atoms with Crippen molar-refractivity contribution in [1.82, 2.24) is 5.01 Å². The highest BCUT2D eigenvalue weighted by atomic mass is 32.2. The molecule has 1 atom stereocenters. The molecule has 0 aromatic carbocycles. The van der Waals surface area contributed by atoms with Crippen molar-refractivity contribution in [3.63, 3.8) is 0 Å². The van der Waals surface area contributed by atoms with Crippen LogP contribution in [0.1, 0.15) is 65.7 Å². The first-order valence-electron chi connectivity index (χ1n) is 7.48. The molecule has 1 aliphatic rings. The number of nitrogens with two attached hydrogens (primary N) is 1. The Labute approximate surface area is 117 Å². The van der Waals surface area contributed by atoms with Crippen LogP contribution in [0.25, 0.3) is 0 Å². The standard InChI is InChI=1S/C15H30N2S/c1-4-5-6-7-8-9-14(3)18-15-12-17(16)11-10-13(15)2/h14H,4-12,16H2,1-3H3. The fourth-order valence-electron chi connectivity index (χ4n) is 2.32. The van der Waals surface area contributed by atoms with Gasteiger partial charge in [-0.05, 0) is 24.7 Å². The van der Waals surface area contributed by atoms with E-state index in [4.69, 9.17) is 5.84 Å². The van der Waals surface area contributed by atoms with E-state index in [1.54, 1.807) is 5.57 Å². The smallest absolute Gasteiger partial charge is 0.0438 e. The van der Waals surface area contributed by atoms with E-state index in [-0.39, 0.29) is 0 Å². The monoisotopic (exact) mass is 270 g/mol. The second kappa shape index (κ2) is 9.00. The summed E-state index contributed by atoms with van der Waals surface area (Å²) in [6.45, 7) is 8.87. The minimum atomic E-state index is 0.739. The predicted molar refractivity (Wildman–Crippen MR) is 83.5 cm³/mol. The highest BCUT2D eigenvalue weighted by Gasteiger charge is 2.16. The molecule has 0 saturated heterocycles. The van der Waals surface area contributed by atoms with Gasteiger partial charge in [0.1, 0.15) is 0 Å². The van der Waals surface area contributed by atoms with Crippen molar-refractivity contribution in [3.05, 3.63) is 10.5 Å². The summed E-state index contributed by atoms with van der Waals surface area (Å²) in [7, 11) is 0. The van der Waals surface area contributed by atoms with Crippen LogP contribution in [0.15, 0.2) is 10.5 Å². The topological polar surface area (TPSA) is 29.3 Å². The van der Waals surface area contributed by atoms with Gasteiger partial charge in [-0.3, -0.25) is 5.84 Å². The summed E-state index contributed by atoms with van der Waals surface area (Å²) in [5.74, 6) is 5.90. The molecule has 0 aromatic rings. The molecule has 0 aromatic heterocycles. The van der Waals surface area contributed by atoms with Crippen LogP contribution >= 0.6 is 11.8 Å². The van der Waals surface area contributed by atoms with Gasteiger partial charge in [0, 0.05) is 18.3 Å². The maximum absolute atomic E-state index is 5.90. The molecule has 0 bridgehead atoms. The van der Waals surface area contributed by atoms with Crippen LogP contribution in [0.4, 0.5) is 0 Å². The van der Waals surface area contributed by atoms with E-state index in [0.717, 1.165) is 24.8 Å². The first-order chi connectivity index (χ1) is 8.63. The molecule has 2 nitrogen and oxygen atoms in total. The van der Waals surface area contributed by atoms with Gasteiger partial charge < -0.3 is 0 Å². The molecule has 0 radical (unpaired) electrons.